The second-order valence-electron chi connectivity index (χ2n) is 7.59. The van der Waals surface area contributed by atoms with E-state index in [0.29, 0.717) is 17.3 Å². The van der Waals surface area contributed by atoms with E-state index in [-0.39, 0.29) is 17.6 Å². The number of hydrogen-bond donors (Lipinski definition) is 2. The minimum absolute atomic E-state index is 0.0447. The average Bonchev–Trinajstić information content (AvgIpc) is 3.40. The highest BCUT2D eigenvalue weighted by molar-refractivity contribution is 5.96. The highest BCUT2D eigenvalue weighted by atomic mass is 16.6. The molecule has 0 aromatic heterocycles. The quantitative estimate of drug-likeness (QED) is 0.569. The number of rotatable bonds is 7. The molecule has 7 heteroatoms. The summed E-state index contributed by atoms with van der Waals surface area (Å²) in [6, 6.07) is 15.3. The van der Waals surface area contributed by atoms with E-state index in [1.165, 1.54) is 11.6 Å². The van der Waals surface area contributed by atoms with Gasteiger partial charge in [0.25, 0.3) is 11.6 Å². The van der Waals surface area contributed by atoms with Crippen LogP contribution in [0.1, 0.15) is 35.2 Å². The molecule has 0 radical (unpaired) electrons. The predicted octanol–water partition coefficient (Wildman–Crippen LogP) is 3.17. The molecule has 1 atom stereocenters. The molecule has 1 saturated heterocycles. The van der Waals surface area contributed by atoms with E-state index in [9.17, 15) is 14.9 Å². The Kier molecular flexibility index (Phi) is 5.25. The number of anilines is 1. The molecule has 2 N–H and O–H groups in total. The van der Waals surface area contributed by atoms with Gasteiger partial charge in [-0.1, -0.05) is 30.3 Å². The Morgan fingerprint density at radius 3 is 2.61 bits per heavy atom. The lowest BCUT2D eigenvalue weighted by atomic mass is 10.1. The molecule has 0 bridgehead atoms. The van der Waals surface area contributed by atoms with E-state index in [4.69, 9.17) is 0 Å². The summed E-state index contributed by atoms with van der Waals surface area (Å²) in [6.45, 7) is 2.56. The van der Waals surface area contributed by atoms with E-state index in [0.717, 1.165) is 38.9 Å². The van der Waals surface area contributed by atoms with Gasteiger partial charge in [0.2, 0.25) is 0 Å². The van der Waals surface area contributed by atoms with Crippen molar-refractivity contribution in [1.82, 2.24) is 10.2 Å². The average molecular weight is 380 g/mol. The first-order valence-corrected chi connectivity index (χ1v) is 9.70. The molecule has 1 saturated carbocycles. The molecule has 1 aliphatic carbocycles. The minimum Gasteiger partial charge on any atom is -0.377 e. The van der Waals surface area contributed by atoms with E-state index < -0.39 is 4.92 Å². The molecule has 28 heavy (non-hydrogen) atoms. The van der Waals surface area contributed by atoms with Crippen LogP contribution >= 0.6 is 0 Å². The molecule has 2 fully saturated rings. The first kappa shape index (κ1) is 18.4. The van der Waals surface area contributed by atoms with Gasteiger partial charge in [0.15, 0.2) is 0 Å². The van der Waals surface area contributed by atoms with Crippen LogP contribution in [0.3, 0.4) is 0 Å². The van der Waals surface area contributed by atoms with Gasteiger partial charge in [-0.15, -0.1) is 0 Å². The number of carbonyl (C=O) groups is 1. The Morgan fingerprint density at radius 2 is 1.89 bits per heavy atom. The number of hydrogen-bond acceptors (Lipinski definition) is 5. The molecule has 2 aliphatic rings. The second kappa shape index (κ2) is 7.98. The van der Waals surface area contributed by atoms with Crippen molar-refractivity contribution in [2.24, 2.45) is 0 Å². The minimum atomic E-state index is -0.432. The van der Waals surface area contributed by atoms with Crippen molar-refractivity contribution in [3.05, 3.63) is 69.8 Å². The zero-order chi connectivity index (χ0) is 19.5. The van der Waals surface area contributed by atoms with Crippen molar-refractivity contribution in [2.75, 3.05) is 18.4 Å². The van der Waals surface area contributed by atoms with Crippen LogP contribution in [0, 0.1) is 10.1 Å². The predicted molar refractivity (Wildman–Crippen MR) is 107 cm³/mol. The smallest absolute Gasteiger partial charge is 0.293 e. The van der Waals surface area contributed by atoms with Crippen LogP contribution in [0.5, 0.6) is 0 Å². The standard InChI is InChI=1S/C21H24N4O3/c26-21(16-6-9-19(22-17-7-8-17)20(12-16)25(27)28)23-18-10-11-24(14-18)13-15-4-2-1-3-5-15/h1-6,9,12,17-18,22H,7-8,10-11,13-14H2,(H,23,26). The summed E-state index contributed by atoms with van der Waals surface area (Å²) < 4.78 is 0. The Hall–Kier alpha value is -2.93. The van der Waals surface area contributed by atoms with Crippen molar-refractivity contribution >= 4 is 17.3 Å². The maximum absolute atomic E-state index is 12.6. The topological polar surface area (TPSA) is 87.5 Å². The first-order chi connectivity index (χ1) is 13.6. The Balaban J connectivity index is 1.37. The van der Waals surface area contributed by atoms with Gasteiger partial charge in [-0.05, 0) is 37.0 Å². The highest BCUT2D eigenvalue weighted by Gasteiger charge is 2.27. The van der Waals surface area contributed by atoms with Gasteiger partial charge in [-0.25, -0.2) is 0 Å². The number of nitrogens with zero attached hydrogens (tertiary/aromatic N) is 2. The van der Waals surface area contributed by atoms with Crippen molar-refractivity contribution in [3.8, 4) is 0 Å². The molecule has 1 aliphatic heterocycles. The molecule has 7 nitrogen and oxygen atoms in total. The Labute approximate surface area is 163 Å². The van der Waals surface area contributed by atoms with E-state index in [1.54, 1.807) is 12.1 Å². The summed E-state index contributed by atoms with van der Waals surface area (Å²) in [7, 11) is 0. The highest BCUT2D eigenvalue weighted by Crippen LogP contribution is 2.31. The maximum Gasteiger partial charge on any atom is 0.293 e. The third-order valence-corrected chi connectivity index (χ3v) is 5.25. The molecule has 4 rings (SSSR count). The fraction of sp³-hybridized carbons (Fsp3) is 0.381. The summed E-state index contributed by atoms with van der Waals surface area (Å²) in [4.78, 5) is 25.9. The van der Waals surface area contributed by atoms with Gasteiger partial charge in [0.05, 0.1) is 4.92 Å². The molecule has 2 aromatic carbocycles. The summed E-state index contributed by atoms with van der Waals surface area (Å²) in [5, 5.41) is 17.6. The van der Waals surface area contributed by atoms with Gasteiger partial charge >= 0.3 is 0 Å². The van der Waals surface area contributed by atoms with Crippen LogP contribution < -0.4 is 10.6 Å². The summed E-state index contributed by atoms with van der Waals surface area (Å²) >= 11 is 0. The number of nitrogens with one attached hydrogen (secondary N) is 2. The third-order valence-electron chi connectivity index (χ3n) is 5.25. The van der Waals surface area contributed by atoms with Gasteiger partial charge < -0.3 is 10.6 Å². The van der Waals surface area contributed by atoms with E-state index in [1.807, 2.05) is 18.2 Å². The molecule has 0 spiro atoms. The van der Waals surface area contributed by atoms with Crippen LogP contribution in [0.4, 0.5) is 11.4 Å². The van der Waals surface area contributed by atoms with Crippen LogP contribution in [-0.2, 0) is 6.54 Å². The fourth-order valence-electron chi connectivity index (χ4n) is 3.60. The van der Waals surface area contributed by atoms with Crippen molar-refractivity contribution in [1.29, 1.82) is 0 Å². The second-order valence-corrected chi connectivity index (χ2v) is 7.59. The lowest BCUT2D eigenvalue weighted by Gasteiger charge is -2.17. The molecular formula is C21H24N4O3. The van der Waals surface area contributed by atoms with E-state index in [2.05, 4.69) is 27.7 Å². The Bertz CT molecular complexity index is 867. The monoisotopic (exact) mass is 380 g/mol. The van der Waals surface area contributed by atoms with Crippen molar-refractivity contribution in [3.63, 3.8) is 0 Å². The largest absolute Gasteiger partial charge is 0.377 e. The number of carbonyl (C=O) groups excluding carboxylic acids is 1. The van der Waals surface area contributed by atoms with Gasteiger partial charge in [0, 0.05) is 43.3 Å². The molecule has 1 unspecified atom stereocenters. The summed E-state index contributed by atoms with van der Waals surface area (Å²) in [5.41, 5.74) is 2.02. The number of nitro groups is 1. The van der Waals surface area contributed by atoms with Crippen LogP contribution in [0.15, 0.2) is 48.5 Å². The molecule has 2 aromatic rings. The van der Waals surface area contributed by atoms with Gasteiger partial charge in [-0.2, -0.15) is 0 Å². The van der Waals surface area contributed by atoms with E-state index >= 15 is 0 Å². The van der Waals surface area contributed by atoms with Crippen molar-refractivity contribution in [2.45, 2.75) is 37.9 Å². The Morgan fingerprint density at radius 1 is 1.11 bits per heavy atom. The fourth-order valence-corrected chi connectivity index (χ4v) is 3.60. The zero-order valence-electron chi connectivity index (χ0n) is 15.6. The molecular weight excluding hydrogens is 356 g/mol. The van der Waals surface area contributed by atoms with Crippen LogP contribution in [0.25, 0.3) is 0 Å². The van der Waals surface area contributed by atoms with Gasteiger partial charge in [-0.3, -0.25) is 19.8 Å². The third kappa shape index (κ3) is 4.48. The van der Waals surface area contributed by atoms with Crippen LogP contribution in [-0.4, -0.2) is 40.9 Å². The first-order valence-electron chi connectivity index (χ1n) is 9.70. The summed E-state index contributed by atoms with van der Waals surface area (Å²) in [5.74, 6) is -0.257. The number of benzene rings is 2. The number of likely N-dealkylation sites (tertiary alicyclic amines) is 1. The lowest BCUT2D eigenvalue weighted by molar-refractivity contribution is -0.384. The number of nitro benzene ring substituents is 1. The number of amides is 1. The van der Waals surface area contributed by atoms with Crippen LogP contribution in [0.2, 0.25) is 0 Å². The maximum atomic E-state index is 12.6. The SMILES string of the molecule is O=C(NC1CCN(Cc2ccccc2)C1)c1ccc(NC2CC2)c([N+](=O)[O-])c1. The molecule has 1 heterocycles. The normalized spacial score (nSPS) is 19.4. The zero-order valence-corrected chi connectivity index (χ0v) is 15.6. The lowest BCUT2D eigenvalue weighted by Crippen LogP contribution is -2.37. The van der Waals surface area contributed by atoms with Crippen molar-refractivity contribution < 1.29 is 9.72 Å². The summed E-state index contributed by atoms with van der Waals surface area (Å²) in [6.07, 6.45) is 2.93. The molecule has 146 valence electrons. The molecule has 1 amide bonds. The van der Waals surface area contributed by atoms with Gasteiger partial charge in [0.1, 0.15) is 5.69 Å².